The molecule has 0 unspecified atom stereocenters. The van der Waals surface area contributed by atoms with Gasteiger partial charge in [0, 0.05) is 12.4 Å². The molecule has 0 aliphatic carbocycles. The Morgan fingerprint density at radius 3 is 2.68 bits per heavy atom. The summed E-state index contributed by atoms with van der Waals surface area (Å²) >= 11 is 9.19. The van der Waals surface area contributed by atoms with E-state index < -0.39 is 0 Å². The Kier molecular flexibility index (Phi) is 2.96. The summed E-state index contributed by atoms with van der Waals surface area (Å²) < 4.78 is 3.57. The van der Waals surface area contributed by atoms with Crippen LogP contribution in [0.5, 0.6) is 0 Å². The maximum absolute atomic E-state index is 5.86. The standard InChI is InChI=1S/C10H7BrClN7/c11-7-8(13)16-10(18-3-1-2-14-18)17-9(7)19-5-6(12)4-15-19/h1-5H,(H2,13,16,17). The molecule has 0 spiro atoms. The SMILES string of the molecule is Nc1nc(-n2cccn2)nc(-n2cc(Cl)cn2)c1Br. The molecule has 0 aliphatic heterocycles. The van der Waals surface area contributed by atoms with Crippen LogP contribution < -0.4 is 5.73 Å². The third-order valence-corrected chi connectivity index (χ3v) is 3.28. The lowest BCUT2D eigenvalue weighted by atomic mass is 10.5. The smallest absolute Gasteiger partial charge is 0.254 e. The van der Waals surface area contributed by atoms with Crippen molar-refractivity contribution in [1.82, 2.24) is 29.5 Å². The van der Waals surface area contributed by atoms with Gasteiger partial charge < -0.3 is 5.73 Å². The third kappa shape index (κ3) is 2.20. The second-order valence-corrected chi connectivity index (χ2v) is 4.83. The average molecular weight is 341 g/mol. The van der Waals surface area contributed by atoms with Gasteiger partial charge in [-0.25, -0.2) is 9.36 Å². The quantitative estimate of drug-likeness (QED) is 0.769. The number of hydrogen-bond acceptors (Lipinski definition) is 5. The van der Waals surface area contributed by atoms with Gasteiger partial charge >= 0.3 is 0 Å². The highest BCUT2D eigenvalue weighted by molar-refractivity contribution is 9.10. The van der Waals surface area contributed by atoms with Gasteiger partial charge in [0.2, 0.25) is 0 Å². The normalized spacial score (nSPS) is 10.8. The Bertz CT molecular complexity index is 722. The molecule has 3 aromatic rings. The van der Waals surface area contributed by atoms with E-state index in [1.54, 1.807) is 24.7 Å². The van der Waals surface area contributed by atoms with Crippen molar-refractivity contribution in [3.8, 4) is 11.8 Å². The van der Waals surface area contributed by atoms with E-state index in [-0.39, 0.29) is 0 Å². The summed E-state index contributed by atoms with van der Waals surface area (Å²) in [6.07, 6.45) is 6.50. The molecule has 0 bridgehead atoms. The summed E-state index contributed by atoms with van der Waals surface area (Å²) in [6, 6.07) is 1.77. The lowest BCUT2D eigenvalue weighted by Gasteiger charge is -2.08. The number of nitrogens with zero attached hydrogens (tertiary/aromatic N) is 6. The molecule has 0 saturated carbocycles. The monoisotopic (exact) mass is 339 g/mol. The fraction of sp³-hybridized carbons (Fsp3) is 0. The van der Waals surface area contributed by atoms with Gasteiger partial charge in [0.25, 0.3) is 5.95 Å². The Morgan fingerprint density at radius 1 is 1.21 bits per heavy atom. The van der Waals surface area contributed by atoms with Crippen molar-refractivity contribution in [3.05, 3.63) is 40.3 Å². The predicted molar refractivity (Wildman–Crippen MR) is 73.4 cm³/mol. The van der Waals surface area contributed by atoms with E-state index >= 15 is 0 Å². The van der Waals surface area contributed by atoms with Crippen molar-refractivity contribution >= 4 is 33.3 Å². The number of rotatable bonds is 2. The molecule has 9 heteroatoms. The van der Waals surface area contributed by atoms with Crippen molar-refractivity contribution in [2.75, 3.05) is 5.73 Å². The molecule has 0 amide bonds. The molecule has 0 fully saturated rings. The van der Waals surface area contributed by atoms with Crippen molar-refractivity contribution in [3.63, 3.8) is 0 Å². The van der Waals surface area contributed by atoms with Gasteiger partial charge in [-0.1, -0.05) is 11.6 Å². The Balaban J connectivity index is 2.19. The second-order valence-electron chi connectivity index (χ2n) is 3.60. The first kappa shape index (κ1) is 12.1. The maximum Gasteiger partial charge on any atom is 0.254 e. The molecule has 0 atom stereocenters. The lowest BCUT2D eigenvalue weighted by Crippen LogP contribution is -2.10. The largest absolute Gasteiger partial charge is 0.383 e. The Morgan fingerprint density at radius 2 is 2.05 bits per heavy atom. The van der Waals surface area contributed by atoms with E-state index in [9.17, 15) is 0 Å². The first-order chi connectivity index (χ1) is 9.15. The summed E-state index contributed by atoms with van der Waals surface area (Å²) in [6.45, 7) is 0. The van der Waals surface area contributed by atoms with Gasteiger partial charge in [0.05, 0.1) is 17.4 Å². The molecule has 7 nitrogen and oxygen atoms in total. The number of nitrogens with two attached hydrogens (primary N) is 1. The zero-order chi connectivity index (χ0) is 13.4. The number of aromatic nitrogens is 6. The van der Waals surface area contributed by atoms with Crippen LogP contribution in [0.2, 0.25) is 5.02 Å². The van der Waals surface area contributed by atoms with Crippen LogP contribution in [0.25, 0.3) is 11.8 Å². The first-order valence-electron chi connectivity index (χ1n) is 5.19. The van der Waals surface area contributed by atoms with Gasteiger partial charge in [-0.05, 0) is 22.0 Å². The number of halogens is 2. The second kappa shape index (κ2) is 4.63. The van der Waals surface area contributed by atoms with Crippen LogP contribution in [0.3, 0.4) is 0 Å². The number of nitrogen functional groups attached to an aromatic ring is 1. The van der Waals surface area contributed by atoms with Gasteiger partial charge in [0.15, 0.2) is 5.82 Å². The molecule has 3 aromatic heterocycles. The highest BCUT2D eigenvalue weighted by Gasteiger charge is 2.14. The molecule has 2 N–H and O–H groups in total. The molecule has 0 radical (unpaired) electrons. The fourth-order valence-corrected chi connectivity index (χ4v) is 1.99. The van der Waals surface area contributed by atoms with Crippen molar-refractivity contribution in [2.24, 2.45) is 0 Å². The number of anilines is 1. The molecule has 96 valence electrons. The molecule has 0 aromatic carbocycles. The summed E-state index contributed by atoms with van der Waals surface area (Å²) in [5, 5.41) is 8.66. The Labute approximate surface area is 121 Å². The van der Waals surface area contributed by atoms with E-state index in [1.807, 2.05) is 0 Å². The molecule has 19 heavy (non-hydrogen) atoms. The van der Waals surface area contributed by atoms with Crippen LogP contribution in [0.1, 0.15) is 0 Å². The molecule has 0 aliphatic rings. The van der Waals surface area contributed by atoms with Crippen LogP contribution in [0, 0.1) is 0 Å². The van der Waals surface area contributed by atoms with E-state index in [2.05, 4.69) is 36.1 Å². The van der Waals surface area contributed by atoms with E-state index in [0.29, 0.717) is 27.1 Å². The Hall–Kier alpha value is -1.93. The zero-order valence-corrected chi connectivity index (χ0v) is 11.7. The molecule has 3 heterocycles. The van der Waals surface area contributed by atoms with Crippen LogP contribution in [-0.2, 0) is 0 Å². The first-order valence-corrected chi connectivity index (χ1v) is 6.36. The summed E-state index contributed by atoms with van der Waals surface area (Å²) in [5.41, 5.74) is 5.86. The summed E-state index contributed by atoms with van der Waals surface area (Å²) in [7, 11) is 0. The highest BCUT2D eigenvalue weighted by Crippen LogP contribution is 2.25. The van der Waals surface area contributed by atoms with Gasteiger partial charge in [-0.3, -0.25) is 0 Å². The highest BCUT2D eigenvalue weighted by atomic mass is 79.9. The van der Waals surface area contributed by atoms with Crippen LogP contribution >= 0.6 is 27.5 Å². The van der Waals surface area contributed by atoms with Crippen LogP contribution in [0.4, 0.5) is 5.82 Å². The molecule has 0 saturated heterocycles. The van der Waals surface area contributed by atoms with Gasteiger partial charge in [-0.2, -0.15) is 20.2 Å². The summed E-state index contributed by atoms with van der Waals surface area (Å²) in [4.78, 5) is 8.52. The van der Waals surface area contributed by atoms with E-state index in [1.165, 1.54) is 15.6 Å². The minimum atomic E-state index is 0.294. The lowest BCUT2D eigenvalue weighted by molar-refractivity contribution is 0.773. The molecule has 3 rings (SSSR count). The van der Waals surface area contributed by atoms with E-state index in [0.717, 1.165) is 0 Å². The minimum absolute atomic E-state index is 0.294. The van der Waals surface area contributed by atoms with Gasteiger partial charge in [-0.15, -0.1) is 0 Å². The van der Waals surface area contributed by atoms with Crippen molar-refractivity contribution in [2.45, 2.75) is 0 Å². The average Bonchev–Trinajstić information content (AvgIpc) is 3.03. The van der Waals surface area contributed by atoms with Crippen LogP contribution in [0.15, 0.2) is 35.3 Å². The van der Waals surface area contributed by atoms with Crippen molar-refractivity contribution < 1.29 is 0 Å². The minimum Gasteiger partial charge on any atom is -0.383 e. The number of hydrogen-bond donors (Lipinski definition) is 1. The van der Waals surface area contributed by atoms with Crippen LogP contribution in [-0.4, -0.2) is 29.5 Å². The third-order valence-electron chi connectivity index (χ3n) is 2.32. The maximum atomic E-state index is 5.86. The predicted octanol–water partition coefficient (Wildman–Crippen LogP) is 1.85. The molecular weight excluding hydrogens is 334 g/mol. The fourth-order valence-electron chi connectivity index (χ4n) is 1.50. The van der Waals surface area contributed by atoms with Crippen molar-refractivity contribution in [1.29, 1.82) is 0 Å². The summed E-state index contributed by atoms with van der Waals surface area (Å²) in [5.74, 6) is 1.14. The topological polar surface area (TPSA) is 87.4 Å². The van der Waals surface area contributed by atoms with Gasteiger partial charge in [0.1, 0.15) is 10.3 Å². The van der Waals surface area contributed by atoms with E-state index in [4.69, 9.17) is 17.3 Å². The zero-order valence-electron chi connectivity index (χ0n) is 9.40. The molecular formula is C10H7BrClN7.